The first-order valence-corrected chi connectivity index (χ1v) is 7.45. The number of nitrogens with zero attached hydrogens (tertiary/aromatic N) is 2. The quantitative estimate of drug-likeness (QED) is 0.192. The molecule has 0 aliphatic carbocycles. The van der Waals surface area contributed by atoms with Gasteiger partial charge in [0.2, 0.25) is 0 Å². The van der Waals surface area contributed by atoms with Crippen LogP contribution in [-0.4, -0.2) is 23.6 Å². The molecule has 0 fully saturated rings. The van der Waals surface area contributed by atoms with E-state index in [2.05, 4.69) is 15.0 Å². The summed E-state index contributed by atoms with van der Waals surface area (Å²) in [5.41, 5.74) is 6.39. The maximum atomic E-state index is 11.5. The molecular formula is C18H15N3O4. The molecule has 7 heteroatoms. The summed E-state index contributed by atoms with van der Waals surface area (Å²) in [5.74, 6) is 0.889. The SMILES string of the molecule is N/C(COc1cccc2cccnc12)=N\OC(=O)Oc1ccccc1. The van der Waals surface area contributed by atoms with Crippen molar-refractivity contribution in [1.29, 1.82) is 0 Å². The minimum atomic E-state index is -0.985. The van der Waals surface area contributed by atoms with Gasteiger partial charge in [-0.3, -0.25) is 9.82 Å². The van der Waals surface area contributed by atoms with Gasteiger partial charge < -0.3 is 15.2 Å². The number of amidine groups is 1. The first-order chi connectivity index (χ1) is 12.2. The molecule has 2 N–H and O–H groups in total. The van der Waals surface area contributed by atoms with Crippen molar-refractivity contribution in [3.05, 3.63) is 66.9 Å². The molecule has 0 amide bonds. The molecule has 0 aliphatic rings. The number of pyridine rings is 1. The number of oxime groups is 1. The molecule has 2 aromatic carbocycles. The number of rotatable bonds is 5. The number of carbonyl (C=O) groups excluding carboxylic acids is 1. The van der Waals surface area contributed by atoms with Crippen LogP contribution in [0.4, 0.5) is 4.79 Å². The molecule has 0 saturated heterocycles. The molecule has 0 unspecified atom stereocenters. The number of benzene rings is 2. The van der Waals surface area contributed by atoms with E-state index in [9.17, 15) is 4.79 Å². The third-order valence-electron chi connectivity index (χ3n) is 3.15. The average molecular weight is 337 g/mol. The second-order valence-corrected chi connectivity index (χ2v) is 4.96. The van der Waals surface area contributed by atoms with Crippen LogP contribution in [0, 0.1) is 0 Å². The summed E-state index contributed by atoms with van der Waals surface area (Å²) in [6.07, 6.45) is 0.691. The molecule has 7 nitrogen and oxygen atoms in total. The highest BCUT2D eigenvalue weighted by atomic mass is 16.8. The minimum absolute atomic E-state index is 0.0158. The van der Waals surface area contributed by atoms with E-state index in [1.165, 1.54) is 0 Å². The number of aromatic nitrogens is 1. The van der Waals surface area contributed by atoms with Gasteiger partial charge in [0.25, 0.3) is 0 Å². The summed E-state index contributed by atoms with van der Waals surface area (Å²) in [5, 5.41) is 4.43. The van der Waals surface area contributed by atoms with Crippen molar-refractivity contribution in [3.8, 4) is 11.5 Å². The third-order valence-corrected chi connectivity index (χ3v) is 3.15. The van der Waals surface area contributed by atoms with Crippen LogP contribution >= 0.6 is 0 Å². The molecule has 0 aliphatic heterocycles. The number of carbonyl (C=O) groups is 1. The van der Waals surface area contributed by atoms with Crippen molar-refractivity contribution in [2.45, 2.75) is 0 Å². The number of para-hydroxylation sites is 2. The van der Waals surface area contributed by atoms with Crippen LogP contribution in [0.5, 0.6) is 11.5 Å². The normalized spacial score (nSPS) is 11.1. The molecule has 3 rings (SSSR count). The van der Waals surface area contributed by atoms with Crippen molar-refractivity contribution < 1.29 is 19.1 Å². The molecule has 0 radical (unpaired) electrons. The zero-order chi connectivity index (χ0) is 17.5. The maximum absolute atomic E-state index is 11.5. The fourth-order valence-electron chi connectivity index (χ4n) is 2.07. The minimum Gasteiger partial charge on any atom is -0.483 e. The van der Waals surface area contributed by atoms with Gasteiger partial charge in [-0.2, -0.15) is 0 Å². The molecule has 126 valence electrons. The lowest BCUT2D eigenvalue weighted by Gasteiger charge is -2.07. The molecule has 25 heavy (non-hydrogen) atoms. The Kier molecular flexibility index (Phi) is 5.06. The summed E-state index contributed by atoms with van der Waals surface area (Å²) >= 11 is 0. The molecule has 0 saturated carbocycles. The zero-order valence-corrected chi connectivity index (χ0v) is 13.2. The summed E-state index contributed by atoms with van der Waals surface area (Å²) in [4.78, 5) is 20.4. The van der Waals surface area contributed by atoms with Crippen LogP contribution in [0.1, 0.15) is 0 Å². The summed E-state index contributed by atoms with van der Waals surface area (Å²) in [6, 6.07) is 17.8. The Hall–Kier alpha value is -3.61. The number of nitrogens with two attached hydrogens (primary N) is 1. The van der Waals surface area contributed by atoms with E-state index in [0.29, 0.717) is 17.0 Å². The van der Waals surface area contributed by atoms with Crippen molar-refractivity contribution in [2.75, 3.05) is 6.61 Å². The first-order valence-electron chi connectivity index (χ1n) is 7.45. The fraction of sp³-hybridized carbons (Fsp3) is 0.0556. The predicted molar refractivity (Wildman–Crippen MR) is 92.4 cm³/mol. The summed E-state index contributed by atoms with van der Waals surface area (Å²) in [6.45, 7) is -0.0612. The van der Waals surface area contributed by atoms with Gasteiger partial charge in [0.05, 0.1) is 0 Å². The Morgan fingerprint density at radius 3 is 2.68 bits per heavy atom. The fourth-order valence-corrected chi connectivity index (χ4v) is 2.07. The Bertz CT molecular complexity index is 892. The van der Waals surface area contributed by atoms with Gasteiger partial charge in [0, 0.05) is 11.6 Å². The lowest BCUT2D eigenvalue weighted by atomic mass is 10.2. The van der Waals surface area contributed by atoms with E-state index in [-0.39, 0.29) is 12.4 Å². The van der Waals surface area contributed by atoms with E-state index in [0.717, 1.165) is 5.39 Å². The van der Waals surface area contributed by atoms with Crippen molar-refractivity contribution >= 4 is 22.9 Å². The Morgan fingerprint density at radius 2 is 1.84 bits per heavy atom. The highest BCUT2D eigenvalue weighted by Crippen LogP contribution is 2.22. The van der Waals surface area contributed by atoms with Crippen molar-refractivity contribution in [2.24, 2.45) is 10.9 Å². The van der Waals surface area contributed by atoms with Gasteiger partial charge in [0.15, 0.2) is 5.84 Å². The molecule has 1 heterocycles. The first kappa shape index (κ1) is 16.3. The van der Waals surface area contributed by atoms with Gasteiger partial charge in [-0.25, -0.2) is 4.79 Å². The van der Waals surface area contributed by atoms with Crippen LogP contribution in [0.15, 0.2) is 72.0 Å². The van der Waals surface area contributed by atoms with Gasteiger partial charge in [0.1, 0.15) is 23.6 Å². The van der Waals surface area contributed by atoms with Crippen LogP contribution in [0.3, 0.4) is 0 Å². The van der Waals surface area contributed by atoms with Crippen LogP contribution < -0.4 is 15.2 Å². The molecule has 0 bridgehead atoms. The van der Waals surface area contributed by atoms with Crippen molar-refractivity contribution in [3.63, 3.8) is 0 Å². The van der Waals surface area contributed by atoms with E-state index < -0.39 is 6.16 Å². The van der Waals surface area contributed by atoms with Gasteiger partial charge in [-0.05, 0) is 24.3 Å². The predicted octanol–water partition coefficient (Wildman–Crippen LogP) is 3.10. The molecule has 0 atom stereocenters. The second kappa shape index (κ2) is 7.78. The number of hydrogen-bond donors (Lipinski definition) is 1. The Morgan fingerprint density at radius 1 is 1.04 bits per heavy atom. The summed E-state index contributed by atoms with van der Waals surface area (Å²) in [7, 11) is 0. The highest BCUT2D eigenvalue weighted by molar-refractivity contribution is 5.85. The van der Waals surface area contributed by atoms with Gasteiger partial charge in [-0.1, -0.05) is 41.6 Å². The van der Waals surface area contributed by atoms with Gasteiger partial charge in [-0.15, -0.1) is 0 Å². The molecule has 1 aromatic heterocycles. The lowest BCUT2D eigenvalue weighted by molar-refractivity contribution is 0.102. The smallest absolute Gasteiger partial charge is 0.483 e. The monoisotopic (exact) mass is 337 g/mol. The van der Waals surface area contributed by atoms with E-state index in [4.69, 9.17) is 15.2 Å². The lowest BCUT2D eigenvalue weighted by Crippen LogP contribution is -2.22. The molecular weight excluding hydrogens is 322 g/mol. The van der Waals surface area contributed by atoms with E-state index in [1.807, 2.05) is 24.3 Å². The van der Waals surface area contributed by atoms with Crippen LogP contribution in [-0.2, 0) is 4.84 Å². The Labute approximate surface area is 143 Å². The third kappa shape index (κ3) is 4.44. The Balaban J connectivity index is 1.55. The standard InChI is InChI=1S/C18H15N3O4/c19-16(21-25-18(22)24-14-8-2-1-3-9-14)12-23-15-10-4-6-13-7-5-11-20-17(13)15/h1-11H,12H2,(H2,19,21). The van der Waals surface area contributed by atoms with E-state index >= 15 is 0 Å². The molecule has 3 aromatic rings. The second-order valence-electron chi connectivity index (χ2n) is 4.96. The number of fused-ring (bicyclic) bond motifs is 1. The zero-order valence-electron chi connectivity index (χ0n) is 13.2. The van der Waals surface area contributed by atoms with E-state index in [1.54, 1.807) is 42.6 Å². The van der Waals surface area contributed by atoms with Crippen LogP contribution in [0.25, 0.3) is 10.9 Å². The maximum Gasteiger partial charge on any atom is 0.540 e. The van der Waals surface area contributed by atoms with Crippen molar-refractivity contribution in [1.82, 2.24) is 4.98 Å². The average Bonchev–Trinajstić information content (AvgIpc) is 2.65. The number of ether oxygens (including phenoxy) is 2. The number of hydrogen-bond acceptors (Lipinski definition) is 6. The highest BCUT2D eigenvalue weighted by Gasteiger charge is 2.07. The largest absolute Gasteiger partial charge is 0.540 e. The van der Waals surface area contributed by atoms with Gasteiger partial charge >= 0.3 is 6.16 Å². The topological polar surface area (TPSA) is 96.0 Å². The molecule has 0 spiro atoms. The van der Waals surface area contributed by atoms with Crippen LogP contribution in [0.2, 0.25) is 0 Å². The summed E-state index contributed by atoms with van der Waals surface area (Å²) < 4.78 is 10.5.